The quantitative estimate of drug-likeness (QED) is 0.770. The van der Waals surface area contributed by atoms with Gasteiger partial charge in [0.1, 0.15) is 5.69 Å². The van der Waals surface area contributed by atoms with E-state index in [1.54, 1.807) is 25.3 Å². The molecule has 0 fully saturated rings. The molecule has 0 spiro atoms. The number of halogens is 1. The van der Waals surface area contributed by atoms with E-state index in [2.05, 4.69) is 10.1 Å². The van der Waals surface area contributed by atoms with Crippen molar-refractivity contribution in [2.75, 3.05) is 0 Å². The maximum Gasteiger partial charge on any atom is 0.200 e. The van der Waals surface area contributed by atoms with Crippen molar-refractivity contribution >= 4 is 23.0 Å². The molecule has 0 aliphatic heterocycles. The van der Waals surface area contributed by atoms with E-state index < -0.39 is 6.04 Å². The Morgan fingerprint density at radius 1 is 1.67 bits per heavy atom. The summed E-state index contributed by atoms with van der Waals surface area (Å²) in [5.41, 5.74) is 6.19. The highest BCUT2D eigenvalue weighted by molar-refractivity contribution is 6.33. The van der Waals surface area contributed by atoms with Crippen molar-refractivity contribution in [1.82, 2.24) is 14.6 Å². The van der Waals surface area contributed by atoms with Gasteiger partial charge in [0.25, 0.3) is 0 Å². The Labute approximate surface area is 90.9 Å². The molecule has 0 aliphatic carbocycles. The lowest BCUT2D eigenvalue weighted by molar-refractivity contribution is 0.0964. The molecule has 0 aromatic carbocycles. The van der Waals surface area contributed by atoms with Crippen LogP contribution < -0.4 is 5.73 Å². The maximum atomic E-state index is 11.6. The summed E-state index contributed by atoms with van der Waals surface area (Å²) in [6, 6.07) is 2.82. The normalized spacial score (nSPS) is 13.0. The van der Waals surface area contributed by atoms with Crippen molar-refractivity contribution < 1.29 is 4.79 Å². The molecule has 5 nitrogen and oxygen atoms in total. The number of Topliss-reactive ketones (excluding diaryl/α,β-unsaturated/α-hetero) is 1. The van der Waals surface area contributed by atoms with Crippen molar-refractivity contribution in [1.29, 1.82) is 0 Å². The Morgan fingerprint density at radius 3 is 3.00 bits per heavy atom. The average Bonchev–Trinajstić information content (AvgIpc) is 2.56. The highest BCUT2D eigenvalue weighted by Gasteiger charge is 2.20. The van der Waals surface area contributed by atoms with E-state index in [1.807, 2.05) is 0 Å². The Balaban J connectivity index is 2.63. The topological polar surface area (TPSA) is 73.3 Å². The first-order valence-electron chi connectivity index (χ1n) is 4.40. The van der Waals surface area contributed by atoms with Crippen LogP contribution in [0.5, 0.6) is 0 Å². The van der Waals surface area contributed by atoms with Gasteiger partial charge in [-0.1, -0.05) is 11.6 Å². The number of imidazole rings is 1. The van der Waals surface area contributed by atoms with Gasteiger partial charge in [-0.15, -0.1) is 0 Å². The number of rotatable bonds is 2. The van der Waals surface area contributed by atoms with Gasteiger partial charge in [0.05, 0.1) is 6.04 Å². The summed E-state index contributed by atoms with van der Waals surface area (Å²) in [5, 5.41) is 4.17. The van der Waals surface area contributed by atoms with E-state index in [1.165, 1.54) is 4.52 Å². The predicted octanol–water partition coefficient (Wildman–Crippen LogP) is 0.913. The monoisotopic (exact) mass is 224 g/mol. The van der Waals surface area contributed by atoms with Crippen molar-refractivity contribution in [3.05, 3.63) is 29.2 Å². The fourth-order valence-electron chi connectivity index (χ4n) is 1.23. The van der Waals surface area contributed by atoms with Crippen LogP contribution in [0.4, 0.5) is 0 Å². The third kappa shape index (κ3) is 1.60. The van der Waals surface area contributed by atoms with Crippen LogP contribution in [-0.2, 0) is 0 Å². The summed E-state index contributed by atoms with van der Waals surface area (Å²) in [6.45, 7) is 1.59. The molecule has 2 aromatic heterocycles. The Morgan fingerprint density at radius 2 is 2.40 bits per heavy atom. The molecule has 2 aromatic rings. The minimum Gasteiger partial charge on any atom is -0.321 e. The minimum absolute atomic E-state index is 0.172. The second-order valence-electron chi connectivity index (χ2n) is 3.20. The molecule has 0 saturated carbocycles. The van der Waals surface area contributed by atoms with Crippen molar-refractivity contribution in [3.8, 4) is 0 Å². The van der Waals surface area contributed by atoms with Crippen LogP contribution in [0, 0.1) is 0 Å². The molecule has 0 bridgehead atoms. The number of ketones is 1. The number of nitrogens with zero attached hydrogens (tertiary/aromatic N) is 3. The van der Waals surface area contributed by atoms with E-state index in [4.69, 9.17) is 17.3 Å². The zero-order chi connectivity index (χ0) is 11.0. The van der Waals surface area contributed by atoms with Crippen LogP contribution >= 0.6 is 11.6 Å². The van der Waals surface area contributed by atoms with E-state index in [0.717, 1.165) is 0 Å². The average molecular weight is 225 g/mol. The number of nitrogens with two attached hydrogens (primary N) is 1. The van der Waals surface area contributed by atoms with Crippen molar-refractivity contribution in [3.63, 3.8) is 0 Å². The third-order valence-electron chi connectivity index (χ3n) is 1.99. The molecule has 2 N–H and O–H groups in total. The summed E-state index contributed by atoms with van der Waals surface area (Å²) in [5.74, 6) is -0.287. The first-order valence-corrected chi connectivity index (χ1v) is 4.78. The summed E-state index contributed by atoms with van der Waals surface area (Å²) in [6.07, 6.45) is 1.57. The van der Waals surface area contributed by atoms with Gasteiger partial charge in [0.15, 0.2) is 10.8 Å². The Bertz CT molecular complexity index is 520. The summed E-state index contributed by atoms with van der Waals surface area (Å²) >= 11 is 5.96. The Hall–Kier alpha value is -1.46. The minimum atomic E-state index is -0.618. The second-order valence-corrected chi connectivity index (χ2v) is 3.56. The number of carbonyl (C=O) groups is 1. The van der Waals surface area contributed by atoms with Crippen LogP contribution in [0.3, 0.4) is 0 Å². The largest absolute Gasteiger partial charge is 0.321 e. The summed E-state index contributed by atoms with van der Waals surface area (Å²) in [4.78, 5) is 15.7. The fraction of sp³-hybridized carbons (Fsp3) is 0.222. The van der Waals surface area contributed by atoms with Crippen LogP contribution in [0.15, 0.2) is 18.3 Å². The van der Waals surface area contributed by atoms with Crippen molar-refractivity contribution in [2.45, 2.75) is 13.0 Å². The lowest BCUT2D eigenvalue weighted by Gasteiger charge is -1.99. The SMILES string of the molecule is CC(N)C(=O)c1nc2cccnn2c1Cl. The molecule has 15 heavy (non-hydrogen) atoms. The van der Waals surface area contributed by atoms with Gasteiger partial charge in [-0.2, -0.15) is 5.10 Å². The van der Waals surface area contributed by atoms with Crippen LogP contribution in [0.2, 0.25) is 5.15 Å². The van der Waals surface area contributed by atoms with Gasteiger partial charge in [0, 0.05) is 6.20 Å². The van der Waals surface area contributed by atoms with Gasteiger partial charge < -0.3 is 5.73 Å². The summed E-state index contributed by atoms with van der Waals surface area (Å²) < 4.78 is 1.40. The van der Waals surface area contributed by atoms with E-state index in [0.29, 0.717) is 5.65 Å². The highest BCUT2D eigenvalue weighted by Crippen LogP contribution is 2.17. The zero-order valence-electron chi connectivity index (χ0n) is 8.01. The highest BCUT2D eigenvalue weighted by atomic mass is 35.5. The third-order valence-corrected chi connectivity index (χ3v) is 2.32. The Kier molecular flexibility index (Phi) is 2.42. The number of hydrogen-bond acceptors (Lipinski definition) is 4. The first kappa shape index (κ1) is 10.1. The molecule has 2 heterocycles. The lowest BCUT2D eigenvalue weighted by atomic mass is 10.2. The number of fused-ring (bicyclic) bond motifs is 1. The molecule has 0 saturated heterocycles. The number of aromatic nitrogens is 3. The molecule has 0 amide bonds. The number of carbonyl (C=O) groups excluding carboxylic acids is 1. The maximum absolute atomic E-state index is 11.6. The molecule has 0 radical (unpaired) electrons. The molecule has 2 rings (SSSR count). The molecule has 1 unspecified atom stereocenters. The number of hydrogen-bond donors (Lipinski definition) is 1. The predicted molar refractivity (Wildman–Crippen MR) is 56.0 cm³/mol. The lowest BCUT2D eigenvalue weighted by Crippen LogP contribution is -2.27. The van der Waals surface area contributed by atoms with Gasteiger partial charge in [-0.05, 0) is 19.1 Å². The van der Waals surface area contributed by atoms with Gasteiger partial charge in [-0.25, -0.2) is 9.50 Å². The molecule has 1 atom stereocenters. The summed E-state index contributed by atoms with van der Waals surface area (Å²) in [7, 11) is 0. The molecule has 0 aliphatic rings. The van der Waals surface area contributed by atoms with Gasteiger partial charge >= 0.3 is 0 Å². The molecular weight excluding hydrogens is 216 g/mol. The standard InChI is InChI=1S/C9H9ClN4O/c1-5(11)8(15)7-9(10)14-6(13-7)3-2-4-12-14/h2-5H,11H2,1H3. The first-order chi connectivity index (χ1) is 7.11. The smallest absolute Gasteiger partial charge is 0.200 e. The van der Waals surface area contributed by atoms with E-state index in [-0.39, 0.29) is 16.6 Å². The molecular formula is C9H9ClN4O. The van der Waals surface area contributed by atoms with Crippen LogP contribution in [0.25, 0.3) is 5.65 Å². The molecule has 78 valence electrons. The second kappa shape index (κ2) is 3.60. The molecule has 6 heteroatoms. The van der Waals surface area contributed by atoms with Crippen LogP contribution in [-0.4, -0.2) is 26.4 Å². The van der Waals surface area contributed by atoms with E-state index >= 15 is 0 Å². The van der Waals surface area contributed by atoms with Gasteiger partial charge in [-0.3, -0.25) is 4.79 Å². The van der Waals surface area contributed by atoms with E-state index in [9.17, 15) is 4.79 Å². The zero-order valence-corrected chi connectivity index (χ0v) is 8.77. The van der Waals surface area contributed by atoms with Crippen molar-refractivity contribution in [2.24, 2.45) is 5.73 Å². The van der Waals surface area contributed by atoms with Crippen LogP contribution in [0.1, 0.15) is 17.4 Å². The fourth-order valence-corrected chi connectivity index (χ4v) is 1.50. The van der Waals surface area contributed by atoms with Gasteiger partial charge in [0.2, 0.25) is 5.78 Å².